The van der Waals surface area contributed by atoms with Gasteiger partial charge in [0.1, 0.15) is 13.2 Å². The molecule has 0 fully saturated rings. The molecule has 0 aromatic carbocycles. The third-order valence-corrected chi connectivity index (χ3v) is 14.1. The second kappa shape index (κ2) is 64.1. The van der Waals surface area contributed by atoms with Crippen molar-refractivity contribution in [2.45, 2.75) is 329 Å². The van der Waals surface area contributed by atoms with E-state index in [4.69, 9.17) is 14.2 Å². The predicted molar refractivity (Wildman–Crippen MR) is 330 cm³/mol. The number of carbonyl (C=O) groups is 3. The summed E-state index contributed by atoms with van der Waals surface area (Å²) in [7, 11) is 0. The molecule has 0 aromatic rings. The van der Waals surface area contributed by atoms with Crippen molar-refractivity contribution in [3.8, 4) is 0 Å². The summed E-state index contributed by atoms with van der Waals surface area (Å²) in [6, 6.07) is 0. The summed E-state index contributed by atoms with van der Waals surface area (Å²) in [5, 5.41) is 0. The van der Waals surface area contributed by atoms with Gasteiger partial charge in [0.05, 0.1) is 0 Å². The van der Waals surface area contributed by atoms with Crippen molar-refractivity contribution >= 4 is 17.9 Å². The van der Waals surface area contributed by atoms with Gasteiger partial charge in [0.2, 0.25) is 0 Å². The molecule has 0 rings (SSSR count). The molecular formula is C70H122O6. The minimum absolute atomic E-state index is 0.0817. The number of rotatable bonds is 59. The maximum atomic E-state index is 12.9. The Morgan fingerprint density at radius 2 is 0.513 bits per heavy atom. The molecule has 0 radical (unpaired) electrons. The Morgan fingerprint density at radius 1 is 0.276 bits per heavy atom. The molecule has 0 aromatic heterocycles. The van der Waals surface area contributed by atoms with Crippen molar-refractivity contribution in [2.75, 3.05) is 13.2 Å². The van der Waals surface area contributed by atoms with E-state index in [0.717, 1.165) is 116 Å². The topological polar surface area (TPSA) is 78.9 Å². The van der Waals surface area contributed by atoms with E-state index in [1.807, 2.05) is 0 Å². The van der Waals surface area contributed by atoms with Gasteiger partial charge in [-0.2, -0.15) is 0 Å². The van der Waals surface area contributed by atoms with Gasteiger partial charge in [0, 0.05) is 19.3 Å². The van der Waals surface area contributed by atoms with E-state index >= 15 is 0 Å². The molecule has 0 N–H and O–H groups in total. The highest BCUT2D eigenvalue weighted by molar-refractivity contribution is 5.71. The minimum atomic E-state index is -0.785. The van der Waals surface area contributed by atoms with Gasteiger partial charge in [-0.1, -0.05) is 273 Å². The predicted octanol–water partition coefficient (Wildman–Crippen LogP) is 22.3. The number of ether oxygens (including phenoxy) is 3. The maximum absolute atomic E-state index is 12.9. The first-order valence-electron chi connectivity index (χ1n) is 32.6. The minimum Gasteiger partial charge on any atom is -0.462 e. The molecule has 0 aliphatic heterocycles. The van der Waals surface area contributed by atoms with Crippen molar-refractivity contribution in [1.29, 1.82) is 0 Å². The van der Waals surface area contributed by atoms with E-state index in [-0.39, 0.29) is 31.1 Å². The summed E-state index contributed by atoms with van der Waals surface area (Å²) >= 11 is 0. The molecule has 0 amide bonds. The number of unbranched alkanes of at least 4 members (excludes halogenated alkanes) is 34. The van der Waals surface area contributed by atoms with Crippen molar-refractivity contribution < 1.29 is 28.6 Å². The molecule has 76 heavy (non-hydrogen) atoms. The highest BCUT2D eigenvalue weighted by atomic mass is 16.6. The Morgan fingerprint density at radius 3 is 0.816 bits per heavy atom. The van der Waals surface area contributed by atoms with E-state index in [1.54, 1.807) is 0 Å². The van der Waals surface area contributed by atoms with Crippen LogP contribution < -0.4 is 0 Å². The number of hydrogen-bond donors (Lipinski definition) is 0. The van der Waals surface area contributed by atoms with Gasteiger partial charge in [-0.3, -0.25) is 14.4 Å². The molecular weight excluding hydrogens is 937 g/mol. The molecule has 0 spiro atoms. The normalized spacial score (nSPS) is 12.6. The van der Waals surface area contributed by atoms with E-state index < -0.39 is 6.10 Å². The second-order valence-electron chi connectivity index (χ2n) is 21.6. The lowest BCUT2D eigenvalue weighted by molar-refractivity contribution is -0.167. The zero-order valence-corrected chi connectivity index (χ0v) is 50.3. The number of esters is 3. The van der Waals surface area contributed by atoms with E-state index in [0.29, 0.717) is 19.3 Å². The first-order valence-corrected chi connectivity index (χ1v) is 32.6. The summed E-state index contributed by atoms with van der Waals surface area (Å²) < 4.78 is 16.9. The molecule has 0 heterocycles. The second-order valence-corrected chi connectivity index (χ2v) is 21.6. The third kappa shape index (κ3) is 61.4. The van der Waals surface area contributed by atoms with Crippen LogP contribution in [0.4, 0.5) is 0 Å². The molecule has 0 saturated heterocycles. The molecule has 6 nitrogen and oxygen atoms in total. The summed E-state index contributed by atoms with van der Waals surface area (Å²) in [5.74, 6) is -0.893. The molecule has 0 bridgehead atoms. The van der Waals surface area contributed by atoms with Crippen molar-refractivity contribution in [3.63, 3.8) is 0 Å². The quantitative estimate of drug-likeness (QED) is 0.0261. The Balaban J connectivity index is 4.16. The maximum Gasteiger partial charge on any atom is 0.306 e. The van der Waals surface area contributed by atoms with Gasteiger partial charge in [-0.15, -0.1) is 0 Å². The standard InChI is InChI=1S/C70H122O6/c1-4-7-10-13-16-19-22-25-27-28-29-30-31-32-33-34-35-36-37-38-39-40-41-42-44-45-48-51-54-57-60-63-69(72)75-66-67(65-74-68(71)62-59-56-53-50-47-24-21-18-15-12-9-6-3)76-70(73)64-61-58-55-52-49-46-43-26-23-20-17-14-11-8-5-2/h7,10,16-21,25-27,29-30,43,67H,4-6,8-9,11-15,22-24,28,31-42,44-66H2,1-3H3/b10-7-,19-16-,20-17-,21-18-,27-25-,30-29-,43-26-. The lowest BCUT2D eigenvalue weighted by Gasteiger charge is -2.18. The lowest BCUT2D eigenvalue weighted by atomic mass is 10.0. The van der Waals surface area contributed by atoms with Crippen LogP contribution in [0.2, 0.25) is 0 Å². The average molecular weight is 1060 g/mol. The van der Waals surface area contributed by atoms with Crippen LogP contribution in [0.25, 0.3) is 0 Å². The Hall–Kier alpha value is -3.41. The highest BCUT2D eigenvalue weighted by Crippen LogP contribution is 2.17. The summed E-state index contributed by atoms with van der Waals surface area (Å²) in [6.07, 6.45) is 84.6. The SMILES string of the molecule is CC/C=C\C/C=C\C/C=C\C/C=C\CCCCCCCCCCCCCCCCCCCCC(=O)OCC(COC(=O)CCCCCCC/C=C\CCCCC)OC(=O)CCCCCCC/C=C\C/C=C\CCCCC. The van der Waals surface area contributed by atoms with E-state index in [1.165, 1.54) is 167 Å². The van der Waals surface area contributed by atoms with E-state index in [2.05, 4.69) is 106 Å². The average Bonchev–Trinajstić information content (AvgIpc) is 3.42. The Kier molecular flexibility index (Phi) is 61.2. The number of carbonyl (C=O) groups excluding carboxylic acids is 3. The smallest absolute Gasteiger partial charge is 0.306 e. The van der Waals surface area contributed by atoms with Crippen LogP contribution in [-0.2, 0) is 28.6 Å². The molecule has 1 atom stereocenters. The van der Waals surface area contributed by atoms with Crippen molar-refractivity contribution in [2.24, 2.45) is 0 Å². The van der Waals surface area contributed by atoms with Crippen LogP contribution in [0.1, 0.15) is 323 Å². The van der Waals surface area contributed by atoms with Crippen LogP contribution in [-0.4, -0.2) is 37.2 Å². The van der Waals surface area contributed by atoms with Gasteiger partial charge in [-0.25, -0.2) is 0 Å². The zero-order valence-electron chi connectivity index (χ0n) is 50.3. The fourth-order valence-corrected chi connectivity index (χ4v) is 9.23. The van der Waals surface area contributed by atoms with Gasteiger partial charge in [0.25, 0.3) is 0 Å². The molecule has 1 unspecified atom stereocenters. The summed E-state index contributed by atoms with van der Waals surface area (Å²) in [6.45, 7) is 6.49. The van der Waals surface area contributed by atoms with Crippen LogP contribution in [0.15, 0.2) is 85.1 Å². The molecule has 0 aliphatic rings. The zero-order chi connectivity index (χ0) is 55.0. The molecule has 0 saturated carbocycles. The monoisotopic (exact) mass is 1060 g/mol. The fraction of sp³-hybridized carbons (Fsp3) is 0.757. The van der Waals surface area contributed by atoms with Crippen molar-refractivity contribution in [3.05, 3.63) is 85.1 Å². The number of allylic oxidation sites excluding steroid dienone is 14. The fourth-order valence-electron chi connectivity index (χ4n) is 9.23. The molecule has 438 valence electrons. The summed E-state index contributed by atoms with van der Waals surface area (Å²) in [5.41, 5.74) is 0. The largest absolute Gasteiger partial charge is 0.462 e. The first-order chi connectivity index (χ1) is 37.5. The van der Waals surface area contributed by atoms with Crippen LogP contribution in [0, 0.1) is 0 Å². The van der Waals surface area contributed by atoms with Crippen LogP contribution >= 0.6 is 0 Å². The molecule has 0 aliphatic carbocycles. The third-order valence-electron chi connectivity index (χ3n) is 14.1. The van der Waals surface area contributed by atoms with Gasteiger partial charge in [-0.05, 0) is 116 Å². The van der Waals surface area contributed by atoms with Crippen LogP contribution in [0.5, 0.6) is 0 Å². The van der Waals surface area contributed by atoms with E-state index in [9.17, 15) is 14.4 Å². The Labute approximate surface area is 471 Å². The lowest BCUT2D eigenvalue weighted by Crippen LogP contribution is -2.30. The van der Waals surface area contributed by atoms with Gasteiger partial charge >= 0.3 is 17.9 Å². The van der Waals surface area contributed by atoms with Gasteiger partial charge in [0.15, 0.2) is 6.10 Å². The first kappa shape index (κ1) is 72.6. The van der Waals surface area contributed by atoms with Crippen LogP contribution in [0.3, 0.4) is 0 Å². The number of hydrogen-bond acceptors (Lipinski definition) is 6. The van der Waals surface area contributed by atoms with Crippen molar-refractivity contribution in [1.82, 2.24) is 0 Å². The highest BCUT2D eigenvalue weighted by Gasteiger charge is 2.19. The Bertz CT molecular complexity index is 1450. The van der Waals surface area contributed by atoms with Gasteiger partial charge < -0.3 is 14.2 Å². The summed E-state index contributed by atoms with van der Waals surface area (Å²) in [4.78, 5) is 38.2. The molecule has 6 heteroatoms.